The zero-order valence-electron chi connectivity index (χ0n) is 10.7. The summed E-state index contributed by atoms with van der Waals surface area (Å²) in [5.41, 5.74) is 0. The lowest BCUT2D eigenvalue weighted by Gasteiger charge is -2.30. The molecule has 0 aromatic carbocycles. The number of rotatable bonds is 5. The van der Waals surface area contributed by atoms with Crippen LogP contribution in [0.4, 0.5) is 0 Å². The summed E-state index contributed by atoms with van der Waals surface area (Å²) in [5.74, 6) is 0.886. The number of nitrogens with zero attached hydrogens (tertiary/aromatic N) is 2. The minimum atomic E-state index is 0.886. The van der Waals surface area contributed by atoms with Crippen molar-refractivity contribution in [2.45, 2.75) is 25.7 Å². The van der Waals surface area contributed by atoms with Gasteiger partial charge in [-0.3, -0.25) is 0 Å². The predicted octanol–water partition coefficient (Wildman–Crippen LogP) is 1.01. The average Bonchev–Trinajstić information content (AvgIpc) is 2.77. The van der Waals surface area contributed by atoms with Gasteiger partial charge in [0.25, 0.3) is 0 Å². The fourth-order valence-electron chi connectivity index (χ4n) is 2.99. The van der Waals surface area contributed by atoms with Gasteiger partial charge in [-0.05, 0) is 64.8 Å². The highest BCUT2D eigenvalue weighted by Crippen LogP contribution is 2.13. The van der Waals surface area contributed by atoms with Crippen LogP contribution in [0.1, 0.15) is 25.7 Å². The summed E-state index contributed by atoms with van der Waals surface area (Å²) < 4.78 is 0. The van der Waals surface area contributed by atoms with Gasteiger partial charge in [0.1, 0.15) is 0 Å². The number of hydrogen-bond donors (Lipinski definition) is 1. The zero-order chi connectivity index (χ0) is 11.2. The van der Waals surface area contributed by atoms with Gasteiger partial charge in [-0.25, -0.2) is 0 Å². The van der Waals surface area contributed by atoms with Crippen LogP contribution in [0.25, 0.3) is 0 Å². The predicted molar refractivity (Wildman–Crippen MR) is 68.8 cm³/mol. The third-order valence-corrected chi connectivity index (χ3v) is 3.96. The molecule has 94 valence electrons. The van der Waals surface area contributed by atoms with Gasteiger partial charge in [0.15, 0.2) is 0 Å². The van der Waals surface area contributed by atoms with Gasteiger partial charge in [0.2, 0.25) is 0 Å². The van der Waals surface area contributed by atoms with Crippen LogP contribution in [0, 0.1) is 5.92 Å². The van der Waals surface area contributed by atoms with Crippen molar-refractivity contribution in [2.24, 2.45) is 5.92 Å². The molecule has 2 aliphatic heterocycles. The molecule has 0 aromatic rings. The summed E-state index contributed by atoms with van der Waals surface area (Å²) in [6.07, 6.45) is 5.62. The van der Waals surface area contributed by atoms with Crippen LogP contribution in [0.3, 0.4) is 0 Å². The average molecular weight is 225 g/mol. The van der Waals surface area contributed by atoms with Crippen molar-refractivity contribution < 1.29 is 0 Å². The van der Waals surface area contributed by atoms with E-state index >= 15 is 0 Å². The van der Waals surface area contributed by atoms with Crippen molar-refractivity contribution in [1.82, 2.24) is 15.1 Å². The van der Waals surface area contributed by atoms with E-state index in [0.717, 1.165) is 5.92 Å². The molecule has 0 aliphatic carbocycles. The zero-order valence-corrected chi connectivity index (χ0v) is 10.7. The van der Waals surface area contributed by atoms with Crippen LogP contribution in [-0.2, 0) is 0 Å². The number of piperidine rings is 1. The SMILES string of the molecule is CN1CCCC(CNCCN2CCCC2)C1. The van der Waals surface area contributed by atoms with Crippen LogP contribution in [0.15, 0.2) is 0 Å². The smallest absolute Gasteiger partial charge is 0.0107 e. The van der Waals surface area contributed by atoms with E-state index in [9.17, 15) is 0 Å². The van der Waals surface area contributed by atoms with Crippen molar-refractivity contribution >= 4 is 0 Å². The topological polar surface area (TPSA) is 18.5 Å². The maximum atomic E-state index is 3.63. The van der Waals surface area contributed by atoms with E-state index in [0.29, 0.717) is 0 Å². The van der Waals surface area contributed by atoms with Gasteiger partial charge in [0, 0.05) is 19.6 Å². The Morgan fingerprint density at radius 3 is 2.69 bits per heavy atom. The molecular formula is C13H27N3. The van der Waals surface area contributed by atoms with Crippen LogP contribution in [0.5, 0.6) is 0 Å². The normalized spacial score (nSPS) is 28.7. The third-order valence-electron chi connectivity index (χ3n) is 3.96. The summed E-state index contributed by atoms with van der Waals surface area (Å²) in [7, 11) is 2.25. The second-order valence-electron chi connectivity index (χ2n) is 5.52. The van der Waals surface area contributed by atoms with E-state index in [1.54, 1.807) is 0 Å². The lowest BCUT2D eigenvalue weighted by Crippen LogP contribution is -2.39. The first-order chi connectivity index (χ1) is 7.84. The molecule has 1 atom stereocenters. The Morgan fingerprint density at radius 1 is 1.12 bits per heavy atom. The van der Waals surface area contributed by atoms with E-state index in [1.165, 1.54) is 71.5 Å². The summed E-state index contributed by atoms with van der Waals surface area (Å²) in [4.78, 5) is 5.05. The second-order valence-corrected chi connectivity index (χ2v) is 5.52. The van der Waals surface area contributed by atoms with Gasteiger partial charge in [0.05, 0.1) is 0 Å². The molecule has 16 heavy (non-hydrogen) atoms. The van der Waals surface area contributed by atoms with E-state index in [2.05, 4.69) is 22.2 Å². The van der Waals surface area contributed by atoms with E-state index < -0.39 is 0 Å². The first-order valence-electron chi connectivity index (χ1n) is 6.96. The quantitative estimate of drug-likeness (QED) is 0.705. The van der Waals surface area contributed by atoms with Crippen molar-refractivity contribution in [3.63, 3.8) is 0 Å². The van der Waals surface area contributed by atoms with Crippen LogP contribution in [0.2, 0.25) is 0 Å². The Bertz CT molecular complexity index is 190. The molecule has 0 spiro atoms. The maximum Gasteiger partial charge on any atom is 0.0107 e. The van der Waals surface area contributed by atoms with Crippen LogP contribution >= 0.6 is 0 Å². The van der Waals surface area contributed by atoms with Crippen molar-refractivity contribution in [3.8, 4) is 0 Å². The minimum absolute atomic E-state index is 0.886. The molecule has 2 aliphatic rings. The molecular weight excluding hydrogens is 198 g/mol. The Labute approximate surface area is 100 Å². The Kier molecular flexibility index (Phi) is 5.07. The molecule has 2 saturated heterocycles. The molecule has 0 amide bonds. The second kappa shape index (κ2) is 6.58. The monoisotopic (exact) mass is 225 g/mol. The molecule has 0 saturated carbocycles. The van der Waals surface area contributed by atoms with Gasteiger partial charge >= 0.3 is 0 Å². The summed E-state index contributed by atoms with van der Waals surface area (Å²) in [6.45, 7) is 8.89. The molecule has 0 aromatic heterocycles. The molecule has 0 bridgehead atoms. The largest absolute Gasteiger partial charge is 0.315 e. The molecule has 2 heterocycles. The van der Waals surface area contributed by atoms with Gasteiger partial charge in [-0.15, -0.1) is 0 Å². The fraction of sp³-hybridized carbons (Fsp3) is 1.00. The third kappa shape index (κ3) is 4.04. The first kappa shape index (κ1) is 12.3. The molecule has 1 N–H and O–H groups in total. The summed E-state index contributed by atoms with van der Waals surface area (Å²) >= 11 is 0. The molecule has 2 rings (SSSR count). The molecule has 0 radical (unpaired) electrons. The summed E-state index contributed by atoms with van der Waals surface area (Å²) in [5, 5.41) is 3.63. The van der Waals surface area contributed by atoms with Gasteiger partial charge in [-0.1, -0.05) is 0 Å². The lowest BCUT2D eigenvalue weighted by atomic mass is 9.98. The highest BCUT2D eigenvalue weighted by Gasteiger charge is 2.16. The van der Waals surface area contributed by atoms with E-state index in [1.807, 2.05) is 0 Å². The maximum absolute atomic E-state index is 3.63. The lowest BCUT2D eigenvalue weighted by molar-refractivity contribution is 0.204. The fourth-order valence-corrected chi connectivity index (χ4v) is 2.99. The highest BCUT2D eigenvalue weighted by molar-refractivity contribution is 4.73. The number of hydrogen-bond acceptors (Lipinski definition) is 3. The minimum Gasteiger partial charge on any atom is -0.315 e. The Hall–Kier alpha value is -0.120. The highest BCUT2D eigenvalue weighted by atomic mass is 15.2. The molecule has 2 fully saturated rings. The van der Waals surface area contributed by atoms with E-state index in [4.69, 9.17) is 0 Å². The Morgan fingerprint density at radius 2 is 1.94 bits per heavy atom. The number of likely N-dealkylation sites (tertiary alicyclic amines) is 2. The summed E-state index contributed by atoms with van der Waals surface area (Å²) in [6, 6.07) is 0. The van der Waals surface area contributed by atoms with Gasteiger partial charge < -0.3 is 15.1 Å². The first-order valence-corrected chi connectivity index (χ1v) is 6.96. The van der Waals surface area contributed by atoms with Crippen LogP contribution < -0.4 is 5.32 Å². The molecule has 1 unspecified atom stereocenters. The van der Waals surface area contributed by atoms with E-state index in [-0.39, 0.29) is 0 Å². The standard InChI is InChI=1S/C13H27N3/c1-15-7-4-5-13(12-15)11-14-6-10-16-8-2-3-9-16/h13-14H,2-12H2,1H3. The van der Waals surface area contributed by atoms with Crippen molar-refractivity contribution in [2.75, 3.05) is 52.9 Å². The molecule has 3 heteroatoms. The van der Waals surface area contributed by atoms with Crippen molar-refractivity contribution in [1.29, 1.82) is 0 Å². The van der Waals surface area contributed by atoms with Gasteiger partial charge in [-0.2, -0.15) is 0 Å². The van der Waals surface area contributed by atoms with Crippen LogP contribution in [-0.4, -0.2) is 62.7 Å². The molecule has 3 nitrogen and oxygen atoms in total. The number of nitrogens with one attached hydrogen (secondary N) is 1. The van der Waals surface area contributed by atoms with Crippen molar-refractivity contribution in [3.05, 3.63) is 0 Å². The Balaban J connectivity index is 1.50.